The maximum atomic E-state index is 14.5. The number of hydrogen-bond acceptors (Lipinski definition) is 9. The highest BCUT2D eigenvalue weighted by Crippen LogP contribution is 2.37. The van der Waals surface area contributed by atoms with Crippen LogP contribution in [-0.2, 0) is 16.1 Å². The van der Waals surface area contributed by atoms with Gasteiger partial charge < -0.3 is 19.9 Å². The maximum absolute atomic E-state index is 14.5. The number of nitrogens with one attached hydrogen (secondary N) is 1. The van der Waals surface area contributed by atoms with E-state index in [1.54, 1.807) is 6.92 Å². The van der Waals surface area contributed by atoms with Gasteiger partial charge in [0.25, 0.3) is 5.56 Å². The summed E-state index contributed by atoms with van der Waals surface area (Å²) in [6.07, 6.45) is 2.40. The van der Waals surface area contributed by atoms with Gasteiger partial charge in [0.15, 0.2) is 0 Å². The molecule has 4 heterocycles. The molecule has 1 saturated carbocycles. The number of aliphatic hydroxyl groups excluding tert-OH is 1. The average Bonchev–Trinajstić information content (AvgIpc) is 3.66. The molecular formula is C26H27FN6O6S. The van der Waals surface area contributed by atoms with Crippen molar-refractivity contribution in [2.45, 2.75) is 57.1 Å². The van der Waals surface area contributed by atoms with Gasteiger partial charge in [-0.3, -0.25) is 14.2 Å². The van der Waals surface area contributed by atoms with E-state index in [0.29, 0.717) is 46.1 Å². The topological polar surface area (TPSA) is 142 Å². The number of amides is 1. The van der Waals surface area contributed by atoms with Gasteiger partial charge in [-0.15, -0.1) is 4.80 Å². The van der Waals surface area contributed by atoms with Crippen LogP contribution in [0.5, 0.6) is 5.75 Å². The summed E-state index contributed by atoms with van der Waals surface area (Å²) in [4.78, 5) is 42.2. The number of ether oxygens (including phenoxy) is 2. The summed E-state index contributed by atoms with van der Waals surface area (Å²) >= 11 is 1.16. The van der Waals surface area contributed by atoms with Crippen molar-refractivity contribution in [3.63, 3.8) is 0 Å². The lowest BCUT2D eigenvalue weighted by Gasteiger charge is -2.35. The van der Waals surface area contributed by atoms with Crippen LogP contribution >= 0.6 is 11.3 Å². The number of carbonyl (C=O) groups excluding carboxylic acids is 1. The second kappa shape index (κ2) is 10.3. The van der Waals surface area contributed by atoms with Crippen molar-refractivity contribution in [2.24, 2.45) is 0 Å². The lowest BCUT2D eigenvalue weighted by atomic mass is 9.92. The van der Waals surface area contributed by atoms with Crippen molar-refractivity contribution in [1.29, 1.82) is 0 Å². The molecule has 2 aliphatic rings. The quantitative estimate of drug-likeness (QED) is 0.325. The van der Waals surface area contributed by atoms with Gasteiger partial charge in [0.05, 0.1) is 43.6 Å². The number of fused-ring (bicyclic) bond motifs is 1. The number of carbonyl (C=O) groups is 1. The molecule has 1 aliphatic heterocycles. The van der Waals surface area contributed by atoms with Crippen LogP contribution in [0, 0.1) is 12.7 Å². The summed E-state index contributed by atoms with van der Waals surface area (Å²) in [6, 6.07) is 3.07. The SMILES string of the molecule is COc1ccc(F)cc1[C@H](Cn1c(=O)n([C@@H]2CCNC2=O)c(=O)c2c(C)c(-n3nccn3)sc21)OC1CC(O)C1. The molecule has 0 bridgehead atoms. The first kappa shape index (κ1) is 26.3. The lowest BCUT2D eigenvalue weighted by molar-refractivity contribution is -0.122. The first-order chi connectivity index (χ1) is 19.3. The minimum atomic E-state index is -0.967. The zero-order chi connectivity index (χ0) is 28.1. The van der Waals surface area contributed by atoms with Gasteiger partial charge in [-0.05, 0) is 44.4 Å². The van der Waals surface area contributed by atoms with Crippen molar-refractivity contribution < 1.29 is 23.8 Å². The fourth-order valence-corrected chi connectivity index (χ4v) is 6.57. The molecule has 12 nitrogen and oxygen atoms in total. The number of benzene rings is 1. The Morgan fingerprint density at radius 3 is 2.62 bits per heavy atom. The summed E-state index contributed by atoms with van der Waals surface area (Å²) in [5, 5.41) is 21.7. The molecule has 1 aromatic carbocycles. The zero-order valence-corrected chi connectivity index (χ0v) is 22.6. The van der Waals surface area contributed by atoms with Gasteiger partial charge in [0.2, 0.25) is 5.91 Å². The van der Waals surface area contributed by atoms with Gasteiger partial charge in [-0.2, -0.15) is 10.2 Å². The zero-order valence-electron chi connectivity index (χ0n) is 21.7. The molecule has 1 aliphatic carbocycles. The van der Waals surface area contributed by atoms with Gasteiger partial charge in [0, 0.05) is 17.7 Å². The molecule has 2 atom stereocenters. The highest BCUT2D eigenvalue weighted by molar-refractivity contribution is 7.21. The molecule has 2 fully saturated rings. The van der Waals surface area contributed by atoms with Crippen LogP contribution in [0.3, 0.4) is 0 Å². The molecule has 0 radical (unpaired) electrons. The predicted molar refractivity (Wildman–Crippen MR) is 142 cm³/mol. The summed E-state index contributed by atoms with van der Waals surface area (Å²) < 4.78 is 28.7. The highest BCUT2D eigenvalue weighted by Gasteiger charge is 2.35. The molecule has 40 heavy (non-hydrogen) atoms. The van der Waals surface area contributed by atoms with Crippen LogP contribution in [0.1, 0.15) is 42.5 Å². The van der Waals surface area contributed by atoms with Crippen LogP contribution in [-0.4, -0.2) is 61.0 Å². The Bertz CT molecular complexity index is 1710. The number of aliphatic hydroxyl groups is 1. The average molecular weight is 571 g/mol. The Hall–Kier alpha value is -3.88. The number of rotatable bonds is 8. The summed E-state index contributed by atoms with van der Waals surface area (Å²) in [5.74, 6) is -0.556. The number of halogens is 1. The second-order valence-electron chi connectivity index (χ2n) is 9.95. The van der Waals surface area contributed by atoms with Crippen LogP contribution in [0.4, 0.5) is 4.39 Å². The van der Waals surface area contributed by atoms with Crippen LogP contribution in [0.2, 0.25) is 0 Å². The van der Waals surface area contributed by atoms with E-state index >= 15 is 0 Å². The standard InChI is InChI=1S/C26H27FN6O6S/c1-13-21-23(36)32(18-5-6-28-22(18)35)26(37)31(25(21)40-24(13)33-29-7-8-30-33)12-20(39-16-10-15(34)11-16)17-9-14(27)3-4-19(17)38-2/h3-4,7-9,15-16,18,20,34H,5-6,10-12H2,1-2H3,(H,28,35)/t15?,16?,18-,20+/m1/s1. The van der Waals surface area contributed by atoms with E-state index in [1.165, 1.54) is 47.1 Å². The van der Waals surface area contributed by atoms with Crippen molar-refractivity contribution in [3.05, 3.63) is 68.4 Å². The molecular weight excluding hydrogens is 543 g/mol. The van der Waals surface area contributed by atoms with Crippen molar-refractivity contribution in [2.75, 3.05) is 13.7 Å². The van der Waals surface area contributed by atoms with Gasteiger partial charge >= 0.3 is 5.69 Å². The Kier molecular flexibility index (Phi) is 6.76. The first-order valence-corrected chi connectivity index (χ1v) is 13.7. The van der Waals surface area contributed by atoms with Gasteiger partial charge in [0.1, 0.15) is 33.5 Å². The van der Waals surface area contributed by atoms with Crippen LogP contribution < -0.4 is 21.3 Å². The van der Waals surface area contributed by atoms with Crippen molar-refractivity contribution in [3.8, 4) is 10.8 Å². The van der Waals surface area contributed by atoms with E-state index in [1.807, 2.05) is 0 Å². The Balaban J connectivity index is 1.57. The summed E-state index contributed by atoms with van der Waals surface area (Å²) in [7, 11) is 1.45. The second-order valence-corrected chi connectivity index (χ2v) is 10.9. The molecule has 4 aromatic rings. The third kappa shape index (κ3) is 4.41. The maximum Gasteiger partial charge on any atom is 0.332 e. The third-order valence-electron chi connectivity index (χ3n) is 7.46. The minimum Gasteiger partial charge on any atom is -0.496 e. The van der Waals surface area contributed by atoms with E-state index < -0.39 is 41.2 Å². The molecule has 1 saturated heterocycles. The number of nitrogens with zero attached hydrogens (tertiary/aromatic N) is 5. The molecule has 0 unspecified atom stereocenters. The first-order valence-electron chi connectivity index (χ1n) is 12.9. The normalized spacial score (nSPS) is 21.4. The molecule has 0 spiro atoms. The fraction of sp³-hybridized carbons (Fsp3) is 0.423. The molecule has 6 rings (SSSR count). The number of thiophene rings is 1. The minimum absolute atomic E-state index is 0.109. The van der Waals surface area contributed by atoms with E-state index in [0.717, 1.165) is 15.9 Å². The number of methoxy groups -OCH3 is 1. The number of hydrogen-bond donors (Lipinski definition) is 2. The molecule has 1 amide bonds. The number of aromatic nitrogens is 5. The Labute approximate surface area is 230 Å². The van der Waals surface area contributed by atoms with Crippen LogP contribution in [0.15, 0.2) is 40.2 Å². The lowest BCUT2D eigenvalue weighted by Crippen LogP contribution is -2.45. The van der Waals surface area contributed by atoms with E-state index in [4.69, 9.17) is 9.47 Å². The smallest absolute Gasteiger partial charge is 0.332 e. The fourth-order valence-electron chi connectivity index (χ4n) is 5.35. The molecule has 2 N–H and O–H groups in total. The summed E-state index contributed by atoms with van der Waals surface area (Å²) in [5.41, 5.74) is -0.320. The molecule has 210 valence electrons. The number of aryl methyl sites for hydroxylation is 1. The van der Waals surface area contributed by atoms with E-state index in [2.05, 4.69) is 15.5 Å². The monoisotopic (exact) mass is 570 g/mol. The molecule has 14 heteroatoms. The Morgan fingerprint density at radius 2 is 1.98 bits per heavy atom. The Morgan fingerprint density at radius 1 is 1.23 bits per heavy atom. The summed E-state index contributed by atoms with van der Waals surface area (Å²) in [6.45, 7) is 1.98. The largest absolute Gasteiger partial charge is 0.496 e. The van der Waals surface area contributed by atoms with Crippen molar-refractivity contribution in [1.82, 2.24) is 29.4 Å². The van der Waals surface area contributed by atoms with Gasteiger partial charge in [-0.25, -0.2) is 13.8 Å². The van der Waals surface area contributed by atoms with E-state index in [9.17, 15) is 23.9 Å². The van der Waals surface area contributed by atoms with Crippen LogP contribution in [0.25, 0.3) is 15.2 Å². The third-order valence-corrected chi connectivity index (χ3v) is 8.74. The highest BCUT2D eigenvalue weighted by atomic mass is 32.1. The molecule has 3 aromatic heterocycles. The van der Waals surface area contributed by atoms with E-state index in [-0.39, 0.29) is 24.5 Å². The van der Waals surface area contributed by atoms with Gasteiger partial charge in [-0.1, -0.05) is 11.3 Å². The predicted octanol–water partition coefficient (Wildman–Crippen LogP) is 1.60. The van der Waals surface area contributed by atoms with Crippen molar-refractivity contribution >= 4 is 27.5 Å².